The molecule has 2 heterocycles. The van der Waals surface area contributed by atoms with Crippen LogP contribution in [0.2, 0.25) is 0 Å². The van der Waals surface area contributed by atoms with E-state index in [-0.39, 0.29) is 5.91 Å². The van der Waals surface area contributed by atoms with E-state index < -0.39 is 0 Å². The lowest BCUT2D eigenvalue weighted by molar-refractivity contribution is 0.0951. The fourth-order valence-electron chi connectivity index (χ4n) is 4.66. The van der Waals surface area contributed by atoms with Crippen LogP contribution in [-0.4, -0.2) is 41.9 Å². The van der Waals surface area contributed by atoms with E-state index in [9.17, 15) is 4.79 Å². The van der Waals surface area contributed by atoms with Gasteiger partial charge in [-0.2, -0.15) is 0 Å². The molecular formula is C27H37N3O. The number of benzene rings is 2. The quantitative estimate of drug-likeness (QED) is 0.698. The molecule has 4 nitrogen and oxygen atoms in total. The molecule has 2 aromatic rings. The Morgan fingerprint density at radius 3 is 1.90 bits per heavy atom. The summed E-state index contributed by atoms with van der Waals surface area (Å²) in [7, 11) is 0. The molecule has 0 aromatic heterocycles. The minimum absolute atomic E-state index is 0.00367. The molecule has 0 spiro atoms. The van der Waals surface area contributed by atoms with Crippen LogP contribution in [0, 0.1) is 5.92 Å². The van der Waals surface area contributed by atoms with E-state index in [2.05, 4.69) is 58.4 Å². The number of carbonyl (C=O) groups excluding carboxylic acids is 1. The Morgan fingerprint density at radius 1 is 0.774 bits per heavy atom. The van der Waals surface area contributed by atoms with Gasteiger partial charge in [0.1, 0.15) is 0 Å². The van der Waals surface area contributed by atoms with E-state index in [1.54, 1.807) is 0 Å². The Labute approximate surface area is 187 Å². The van der Waals surface area contributed by atoms with E-state index in [0.717, 1.165) is 30.1 Å². The van der Waals surface area contributed by atoms with Gasteiger partial charge in [0.05, 0.1) is 0 Å². The lowest BCUT2D eigenvalue weighted by atomic mass is 9.99. The van der Waals surface area contributed by atoms with Crippen molar-refractivity contribution in [1.82, 2.24) is 15.1 Å². The van der Waals surface area contributed by atoms with Crippen LogP contribution in [0.15, 0.2) is 48.5 Å². The highest BCUT2D eigenvalue weighted by molar-refractivity contribution is 5.94. The van der Waals surface area contributed by atoms with Crippen LogP contribution < -0.4 is 5.32 Å². The molecule has 2 fully saturated rings. The second-order valence-electron chi connectivity index (χ2n) is 9.49. The molecule has 4 heteroatoms. The highest BCUT2D eigenvalue weighted by Crippen LogP contribution is 2.18. The molecule has 0 aliphatic carbocycles. The predicted octanol–water partition coefficient (Wildman–Crippen LogP) is 4.83. The number of nitrogens with zero attached hydrogens (tertiary/aromatic N) is 2. The zero-order valence-corrected chi connectivity index (χ0v) is 19.0. The maximum Gasteiger partial charge on any atom is 0.251 e. The summed E-state index contributed by atoms with van der Waals surface area (Å²) < 4.78 is 0. The van der Waals surface area contributed by atoms with Gasteiger partial charge in [0.25, 0.3) is 5.91 Å². The van der Waals surface area contributed by atoms with Crippen molar-refractivity contribution in [2.24, 2.45) is 5.92 Å². The fourth-order valence-corrected chi connectivity index (χ4v) is 4.66. The maximum atomic E-state index is 12.5. The number of nitrogens with one attached hydrogen (secondary N) is 1. The molecule has 31 heavy (non-hydrogen) atoms. The van der Waals surface area contributed by atoms with Crippen LogP contribution >= 0.6 is 0 Å². The van der Waals surface area contributed by atoms with Gasteiger partial charge in [-0.3, -0.25) is 14.6 Å². The predicted molar refractivity (Wildman–Crippen MR) is 127 cm³/mol. The van der Waals surface area contributed by atoms with Gasteiger partial charge in [0.2, 0.25) is 0 Å². The van der Waals surface area contributed by atoms with Gasteiger partial charge in [0.15, 0.2) is 0 Å². The van der Waals surface area contributed by atoms with Crippen molar-refractivity contribution in [3.8, 4) is 0 Å². The van der Waals surface area contributed by atoms with E-state index in [1.807, 2.05) is 12.1 Å². The molecule has 2 aromatic carbocycles. The summed E-state index contributed by atoms with van der Waals surface area (Å²) >= 11 is 0. The van der Waals surface area contributed by atoms with Gasteiger partial charge in [-0.25, -0.2) is 0 Å². The fraction of sp³-hybridized carbons (Fsp3) is 0.519. The molecule has 0 radical (unpaired) electrons. The zero-order chi connectivity index (χ0) is 21.5. The van der Waals surface area contributed by atoms with Crippen molar-refractivity contribution in [1.29, 1.82) is 0 Å². The number of amides is 1. The monoisotopic (exact) mass is 419 g/mol. The summed E-state index contributed by atoms with van der Waals surface area (Å²) in [6.45, 7) is 9.73. The van der Waals surface area contributed by atoms with Crippen molar-refractivity contribution in [3.05, 3.63) is 70.8 Å². The summed E-state index contributed by atoms with van der Waals surface area (Å²) in [5.74, 6) is 0.865. The molecule has 0 atom stereocenters. The van der Waals surface area contributed by atoms with Gasteiger partial charge in [-0.1, -0.05) is 49.7 Å². The van der Waals surface area contributed by atoms with Crippen molar-refractivity contribution in [3.63, 3.8) is 0 Å². The molecule has 0 saturated carbocycles. The zero-order valence-electron chi connectivity index (χ0n) is 19.0. The van der Waals surface area contributed by atoms with Gasteiger partial charge < -0.3 is 5.32 Å². The Morgan fingerprint density at radius 2 is 1.29 bits per heavy atom. The summed E-state index contributed by atoms with van der Waals surface area (Å²) in [5, 5.41) is 3.06. The molecule has 166 valence electrons. The molecular weight excluding hydrogens is 382 g/mol. The highest BCUT2D eigenvalue weighted by Gasteiger charge is 2.15. The third-order valence-corrected chi connectivity index (χ3v) is 6.83. The lowest BCUT2D eigenvalue weighted by Crippen LogP contribution is -2.32. The maximum absolute atomic E-state index is 12.5. The summed E-state index contributed by atoms with van der Waals surface area (Å²) in [4.78, 5) is 17.6. The smallest absolute Gasteiger partial charge is 0.251 e. The van der Waals surface area contributed by atoms with Crippen molar-refractivity contribution >= 4 is 5.91 Å². The second-order valence-corrected chi connectivity index (χ2v) is 9.49. The van der Waals surface area contributed by atoms with Crippen LogP contribution in [0.1, 0.15) is 66.1 Å². The summed E-state index contributed by atoms with van der Waals surface area (Å²) in [6, 6.07) is 16.8. The molecule has 2 saturated heterocycles. The number of rotatable bonds is 7. The van der Waals surface area contributed by atoms with E-state index in [1.165, 1.54) is 69.4 Å². The van der Waals surface area contributed by atoms with E-state index >= 15 is 0 Å². The third kappa shape index (κ3) is 6.65. The normalized spacial score (nSPS) is 18.7. The topological polar surface area (TPSA) is 35.6 Å². The molecule has 4 rings (SSSR count). The lowest BCUT2D eigenvalue weighted by Gasteiger charge is -2.30. The number of piperidine rings is 2. The van der Waals surface area contributed by atoms with Gasteiger partial charge >= 0.3 is 0 Å². The second kappa shape index (κ2) is 10.9. The molecule has 0 unspecified atom stereocenters. The number of hydrogen-bond acceptors (Lipinski definition) is 3. The van der Waals surface area contributed by atoms with E-state index in [4.69, 9.17) is 0 Å². The first-order valence-electron chi connectivity index (χ1n) is 12.1. The van der Waals surface area contributed by atoms with Gasteiger partial charge in [-0.05, 0) is 86.6 Å². The SMILES string of the molecule is CC1CCN(Cc2ccc(CNC(=O)c3ccc(CN4CCCCC4)cc3)cc2)CC1. The van der Waals surface area contributed by atoms with Gasteiger partial charge in [-0.15, -0.1) is 0 Å². The Balaban J connectivity index is 1.22. The van der Waals surface area contributed by atoms with Crippen molar-refractivity contribution in [2.75, 3.05) is 26.2 Å². The first kappa shape index (κ1) is 22.0. The van der Waals surface area contributed by atoms with Gasteiger partial charge in [0, 0.05) is 25.2 Å². The number of carbonyl (C=O) groups is 1. The Hall–Kier alpha value is -2.17. The largest absolute Gasteiger partial charge is 0.348 e. The molecule has 0 bridgehead atoms. The Bertz CT molecular complexity index is 817. The van der Waals surface area contributed by atoms with Crippen LogP contribution in [0.25, 0.3) is 0 Å². The average Bonchev–Trinajstić information content (AvgIpc) is 2.81. The minimum atomic E-state index is -0.00367. The van der Waals surface area contributed by atoms with Crippen LogP contribution in [-0.2, 0) is 19.6 Å². The summed E-state index contributed by atoms with van der Waals surface area (Å²) in [5.41, 5.74) is 4.52. The Kier molecular flexibility index (Phi) is 7.76. The summed E-state index contributed by atoms with van der Waals surface area (Å²) in [6.07, 6.45) is 6.58. The number of likely N-dealkylation sites (tertiary alicyclic amines) is 2. The minimum Gasteiger partial charge on any atom is -0.348 e. The van der Waals surface area contributed by atoms with Crippen molar-refractivity contribution in [2.45, 2.75) is 58.7 Å². The van der Waals surface area contributed by atoms with Crippen LogP contribution in [0.5, 0.6) is 0 Å². The third-order valence-electron chi connectivity index (χ3n) is 6.83. The highest BCUT2D eigenvalue weighted by atomic mass is 16.1. The first-order chi connectivity index (χ1) is 15.2. The molecule has 1 amide bonds. The van der Waals surface area contributed by atoms with Crippen molar-refractivity contribution < 1.29 is 4.79 Å². The van der Waals surface area contributed by atoms with Crippen LogP contribution in [0.3, 0.4) is 0 Å². The molecule has 2 aliphatic heterocycles. The van der Waals surface area contributed by atoms with E-state index in [0.29, 0.717) is 6.54 Å². The molecule has 1 N–H and O–H groups in total. The standard InChI is InChI=1S/C27H37N3O/c1-22-13-17-30(18-14-22)21-24-7-5-23(6-8-24)19-28-27(31)26-11-9-25(10-12-26)20-29-15-3-2-4-16-29/h5-12,22H,2-4,13-21H2,1H3,(H,28,31). The average molecular weight is 420 g/mol. The number of hydrogen-bond donors (Lipinski definition) is 1. The molecule has 2 aliphatic rings. The van der Waals surface area contributed by atoms with Crippen LogP contribution in [0.4, 0.5) is 0 Å². The first-order valence-corrected chi connectivity index (χ1v) is 12.1.